The highest BCUT2D eigenvalue weighted by molar-refractivity contribution is 7.09. The fourth-order valence-corrected chi connectivity index (χ4v) is 3.97. The second-order valence-electron chi connectivity index (χ2n) is 6.26. The van der Waals surface area contributed by atoms with Crippen molar-refractivity contribution in [2.75, 3.05) is 13.1 Å². The predicted octanol–water partition coefficient (Wildman–Crippen LogP) is 4.23. The van der Waals surface area contributed by atoms with E-state index in [9.17, 15) is 0 Å². The average Bonchev–Trinajstić information content (AvgIpc) is 3.39. The monoisotopic (exact) mass is 436 g/mol. The van der Waals surface area contributed by atoms with Gasteiger partial charge in [0.2, 0.25) is 0 Å². The van der Waals surface area contributed by atoms with Crippen LogP contribution in [0.1, 0.15) is 35.0 Å². The number of rotatable bonds is 9. The van der Waals surface area contributed by atoms with Gasteiger partial charge in [0.25, 0.3) is 0 Å². The molecule has 0 aliphatic heterocycles. The molecule has 2 aromatic heterocycles. The number of aliphatic imine (C=N–C) groups is 1. The number of nitrogens with two attached hydrogens (primary N) is 1. The molecule has 2 heterocycles. The number of guanidine groups is 1. The summed E-state index contributed by atoms with van der Waals surface area (Å²) in [5, 5.41) is 7.30. The van der Waals surface area contributed by atoms with Gasteiger partial charge in [-0.05, 0) is 37.0 Å². The number of hydrogen-bond donors (Lipinski definition) is 3. The van der Waals surface area contributed by atoms with Crippen LogP contribution in [-0.4, -0.2) is 34.0 Å². The summed E-state index contributed by atoms with van der Waals surface area (Å²) in [6.07, 6.45) is 7.95. The summed E-state index contributed by atoms with van der Waals surface area (Å²) in [6.45, 7) is 1.35. The first-order valence-electron chi connectivity index (χ1n) is 8.99. The molecule has 0 bridgehead atoms. The number of thiazole rings is 1. The van der Waals surface area contributed by atoms with E-state index < -0.39 is 0 Å². The van der Waals surface area contributed by atoms with Crippen molar-refractivity contribution in [2.45, 2.75) is 25.2 Å². The van der Waals surface area contributed by atoms with Crippen molar-refractivity contribution < 1.29 is 0 Å². The van der Waals surface area contributed by atoms with E-state index in [-0.39, 0.29) is 5.92 Å². The molecule has 6 nitrogen and oxygen atoms in total. The highest BCUT2D eigenvalue weighted by Gasteiger charge is 2.17. The molecular formula is C19H22Cl2N6S. The molecule has 0 radical (unpaired) electrons. The minimum Gasteiger partial charge on any atom is -0.370 e. The first kappa shape index (κ1) is 20.6. The molecule has 0 amide bonds. The summed E-state index contributed by atoms with van der Waals surface area (Å²) in [5.74, 6) is 0.576. The lowest BCUT2D eigenvalue weighted by atomic mass is 9.96. The van der Waals surface area contributed by atoms with Crippen molar-refractivity contribution in [1.82, 2.24) is 20.3 Å². The Morgan fingerprint density at radius 2 is 2.21 bits per heavy atom. The zero-order valence-corrected chi connectivity index (χ0v) is 17.6. The van der Waals surface area contributed by atoms with Crippen molar-refractivity contribution in [3.63, 3.8) is 0 Å². The van der Waals surface area contributed by atoms with Gasteiger partial charge in [0.05, 0.1) is 16.4 Å². The predicted molar refractivity (Wildman–Crippen MR) is 116 cm³/mol. The van der Waals surface area contributed by atoms with Crippen LogP contribution in [0, 0.1) is 0 Å². The third kappa shape index (κ3) is 5.95. The maximum absolute atomic E-state index is 6.20. The van der Waals surface area contributed by atoms with E-state index in [0.29, 0.717) is 29.1 Å². The van der Waals surface area contributed by atoms with Crippen LogP contribution < -0.4 is 11.1 Å². The molecule has 0 aliphatic rings. The van der Waals surface area contributed by atoms with Gasteiger partial charge in [-0.3, -0.25) is 4.99 Å². The van der Waals surface area contributed by atoms with E-state index in [2.05, 4.69) is 25.3 Å². The number of aromatic amines is 1. The Morgan fingerprint density at radius 3 is 2.93 bits per heavy atom. The van der Waals surface area contributed by atoms with Crippen LogP contribution >= 0.6 is 34.5 Å². The average molecular weight is 437 g/mol. The molecule has 9 heteroatoms. The molecule has 0 spiro atoms. The number of halogens is 2. The molecule has 4 N–H and O–H groups in total. The van der Waals surface area contributed by atoms with Crippen LogP contribution in [0.3, 0.4) is 0 Å². The van der Waals surface area contributed by atoms with Crippen molar-refractivity contribution in [3.05, 3.63) is 68.6 Å². The fraction of sp³-hybridized carbons (Fsp3) is 0.316. The number of nitrogens with zero attached hydrogens (tertiary/aromatic N) is 3. The lowest BCUT2D eigenvalue weighted by Crippen LogP contribution is -2.33. The van der Waals surface area contributed by atoms with Crippen LogP contribution in [0.2, 0.25) is 10.0 Å². The Bertz CT molecular complexity index is 880. The lowest BCUT2D eigenvalue weighted by molar-refractivity contribution is 0.683. The van der Waals surface area contributed by atoms with Gasteiger partial charge in [-0.2, -0.15) is 0 Å². The smallest absolute Gasteiger partial charge is 0.188 e. The number of imidazole rings is 1. The van der Waals surface area contributed by atoms with Crippen LogP contribution in [-0.2, 0) is 6.42 Å². The number of nitrogens with one attached hydrogen (secondary N) is 2. The van der Waals surface area contributed by atoms with Crippen LogP contribution in [0.25, 0.3) is 0 Å². The molecular weight excluding hydrogens is 415 g/mol. The largest absolute Gasteiger partial charge is 0.370 e. The van der Waals surface area contributed by atoms with Crippen molar-refractivity contribution in [3.8, 4) is 0 Å². The number of aryl methyl sites for hydroxylation is 1. The summed E-state index contributed by atoms with van der Waals surface area (Å²) in [6, 6.07) is 5.72. The van der Waals surface area contributed by atoms with Gasteiger partial charge in [-0.25, -0.2) is 9.97 Å². The Hall–Kier alpha value is -2.09. The maximum Gasteiger partial charge on any atom is 0.188 e. The summed E-state index contributed by atoms with van der Waals surface area (Å²) in [5.41, 5.74) is 8.18. The fourth-order valence-electron chi connectivity index (χ4n) is 2.86. The molecule has 28 heavy (non-hydrogen) atoms. The first-order valence-corrected chi connectivity index (χ1v) is 10.6. The van der Waals surface area contributed by atoms with Crippen LogP contribution in [0.5, 0.6) is 0 Å². The Morgan fingerprint density at radius 1 is 1.32 bits per heavy atom. The summed E-state index contributed by atoms with van der Waals surface area (Å²) in [4.78, 5) is 15.9. The third-order valence-electron chi connectivity index (χ3n) is 4.28. The zero-order chi connectivity index (χ0) is 19.8. The minimum absolute atomic E-state index is 0.121. The van der Waals surface area contributed by atoms with E-state index >= 15 is 0 Å². The van der Waals surface area contributed by atoms with Gasteiger partial charge in [0.1, 0.15) is 5.01 Å². The topological polar surface area (TPSA) is 92.0 Å². The summed E-state index contributed by atoms with van der Waals surface area (Å²) < 4.78 is 0. The molecule has 0 saturated carbocycles. The number of H-pyrrole nitrogens is 1. The minimum atomic E-state index is 0.121. The number of aromatic nitrogens is 3. The van der Waals surface area contributed by atoms with E-state index in [4.69, 9.17) is 28.9 Å². The Labute approximate surface area is 178 Å². The standard InChI is InChI=1S/C19H22Cl2N6S/c20-16-4-3-13(10-17(16)21)15(18-24-8-9-28-18)5-7-26-19(22)25-6-1-2-14-11-23-12-27-14/h3-4,8-12,15H,1-2,5-7H2,(H,23,27)(H3,22,25,26). The van der Waals surface area contributed by atoms with Crippen molar-refractivity contribution in [2.24, 2.45) is 10.7 Å². The molecule has 1 atom stereocenters. The maximum atomic E-state index is 6.20. The van der Waals surface area contributed by atoms with Crippen molar-refractivity contribution in [1.29, 1.82) is 0 Å². The normalized spacial score (nSPS) is 12.9. The number of benzene rings is 1. The van der Waals surface area contributed by atoms with Crippen molar-refractivity contribution >= 4 is 40.5 Å². The second kappa shape index (κ2) is 10.5. The SMILES string of the molecule is NC(=NCCCc1cnc[nH]1)NCCC(c1ccc(Cl)c(Cl)c1)c1nccs1. The van der Waals surface area contributed by atoms with Gasteiger partial charge >= 0.3 is 0 Å². The van der Waals surface area contributed by atoms with Crippen LogP contribution in [0.15, 0.2) is 47.3 Å². The van der Waals surface area contributed by atoms with Gasteiger partial charge in [0.15, 0.2) is 5.96 Å². The molecule has 3 rings (SSSR count). The summed E-state index contributed by atoms with van der Waals surface area (Å²) >= 11 is 13.9. The quantitative estimate of drug-likeness (QED) is 0.265. The van der Waals surface area contributed by atoms with E-state index in [0.717, 1.165) is 35.5 Å². The molecule has 148 valence electrons. The third-order valence-corrected chi connectivity index (χ3v) is 5.90. The highest BCUT2D eigenvalue weighted by Crippen LogP contribution is 2.33. The van der Waals surface area contributed by atoms with E-state index in [1.807, 2.05) is 36.0 Å². The lowest BCUT2D eigenvalue weighted by Gasteiger charge is -2.16. The van der Waals surface area contributed by atoms with E-state index in [1.54, 1.807) is 17.7 Å². The molecule has 1 unspecified atom stereocenters. The molecule has 3 aromatic rings. The van der Waals surface area contributed by atoms with Gasteiger partial charge < -0.3 is 16.0 Å². The molecule has 0 aliphatic carbocycles. The molecule has 0 fully saturated rings. The van der Waals surface area contributed by atoms with Gasteiger partial charge in [0, 0.05) is 42.5 Å². The second-order valence-corrected chi connectivity index (χ2v) is 8.00. The molecule has 1 aromatic carbocycles. The van der Waals surface area contributed by atoms with Gasteiger partial charge in [-0.1, -0.05) is 29.3 Å². The van der Waals surface area contributed by atoms with Gasteiger partial charge in [-0.15, -0.1) is 11.3 Å². The first-order chi connectivity index (χ1) is 13.6. The van der Waals surface area contributed by atoms with Crippen LogP contribution in [0.4, 0.5) is 0 Å². The zero-order valence-electron chi connectivity index (χ0n) is 15.2. The summed E-state index contributed by atoms with van der Waals surface area (Å²) in [7, 11) is 0. The van der Waals surface area contributed by atoms with E-state index in [1.165, 1.54) is 0 Å². The Kier molecular flexibility index (Phi) is 7.71. The number of hydrogen-bond acceptors (Lipinski definition) is 4. The highest BCUT2D eigenvalue weighted by atomic mass is 35.5. The molecule has 0 saturated heterocycles. The Balaban J connectivity index is 1.52.